The maximum Gasteiger partial charge on any atom is 0.339 e. The van der Waals surface area contributed by atoms with Crippen molar-refractivity contribution >= 4 is 23.3 Å². The van der Waals surface area contributed by atoms with Crippen molar-refractivity contribution in [3.8, 4) is 0 Å². The molecule has 0 aliphatic heterocycles. The van der Waals surface area contributed by atoms with Gasteiger partial charge in [0, 0.05) is 9.75 Å². The van der Waals surface area contributed by atoms with Gasteiger partial charge in [0.15, 0.2) is 0 Å². The number of hydrogen-bond donors (Lipinski definition) is 0. The van der Waals surface area contributed by atoms with Crippen molar-refractivity contribution in [3.63, 3.8) is 0 Å². The van der Waals surface area contributed by atoms with Crippen LogP contribution in [0.4, 0.5) is 0 Å². The van der Waals surface area contributed by atoms with Gasteiger partial charge in [-0.25, -0.2) is 4.79 Å². The minimum Gasteiger partial charge on any atom is -0.466 e. The van der Waals surface area contributed by atoms with Crippen LogP contribution in [0.25, 0.3) is 0 Å². The second-order valence-corrected chi connectivity index (χ2v) is 6.16. The third-order valence-corrected chi connectivity index (χ3v) is 4.74. The average molecular weight is 296 g/mol. The number of rotatable bonds is 4. The van der Waals surface area contributed by atoms with E-state index in [0.29, 0.717) is 25.2 Å². The Morgan fingerprint density at radius 3 is 2.60 bits per heavy atom. The van der Waals surface area contributed by atoms with Crippen LogP contribution < -0.4 is 0 Å². The monoisotopic (exact) mass is 296 g/mol. The fourth-order valence-electron chi connectivity index (χ4n) is 2.65. The quantitative estimate of drug-likeness (QED) is 0.802. The van der Waals surface area contributed by atoms with Crippen LogP contribution in [0.1, 0.15) is 45.9 Å². The standard InChI is InChI=1S/C15H20O4S/c1-4-18-14(16)10-6-7-12-11(8-10)13(9(3)20-12)15(17)19-5-2/h10H,4-8H2,1-3H3. The number of ether oxygens (including phenoxy) is 2. The summed E-state index contributed by atoms with van der Waals surface area (Å²) in [6.45, 7) is 6.31. The number of fused-ring (bicyclic) bond motifs is 1. The molecule has 0 saturated carbocycles. The van der Waals surface area contributed by atoms with Crippen molar-refractivity contribution in [2.75, 3.05) is 13.2 Å². The molecule has 2 rings (SSSR count). The summed E-state index contributed by atoms with van der Waals surface area (Å²) in [6.07, 6.45) is 2.23. The molecule has 0 spiro atoms. The molecule has 0 aromatic carbocycles. The number of hydrogen-bond acceptors (Lipinski definition) is 5. The van der Waals surface area contributed by atoms with E-state index in [4.69, 9.17) is 9.47 Å². The van der Waals surface area contributed by atoms with Gasteiger partial charge in [-0.15, -0.1) is 11.3 Å². The van der Waals surface area contributed by atoms with E-state index in [-0.39, 0.29) is 17.9 Å². The van der Waals surface area contributed by atoms with Gasteiger partial charge >= 0.3 is 11.9 Å². The first-order chi connectivity index (χ1) is 9.58. The highest BCUT2D eigenvalue weighted by Gasteiger charge is 2.32. The largest absolute Gasteiger partial charge is 0.466 e. The number of aryl methyl sites for hydroxylation is 2. The van der Waals surface area contributed by atoms with E-state index >= 15 is 0 Å². The fraction of sp³-hybridized carbons (Fsp3) is 0.600. The first-order valence-electron chi connectivity index (χ1n) is 7.03. The molecular formula is C15H20O4S. The zero-order chi connectivity index (χ0) is 14.7. The van der Waals surface area contributed by atoms with Crippen molar-refractivity contribution < 1.29 is 19.1 Å². The summed E-state index contributed by atoms with van der Waals surface area (Å²) in [5.74, 6) is -0.562. The van der Waals surface area contributed by atoms with Gasteiger partial charge in [0.2, 0.25) is 0 Å². The molecule has 20 heavy (non-hydrogen) atoms. The van der Waals surface area contributed by atoms with Crippen molar-refractivity contribution in [1.29, 1.82) is 0 Å². The first-order valence-corrected chi connectivity index (χ1v) is 7.85. The SMILES string of the molecule is CCOC(=O)c1c(C)sc2c1CC(C(=O)OCC)CC2. The lowest BCUT2D eigenvalue weighted by Gasteiger charge is -2.21. The summed E-state index contributed by atoms with van der Waals surface area (Å²) < 4.78 is 10.2. The van der Waals surface area contributed by atoms with E-state index in [2.05, 4.69) is 0 Å². The molecule has 1 aromatic rings. The van der Waals surface area contributed by atoms with E-state index in [1.165, 1.54) is 4.88 Å². The van der Waals surface area contributed by atoms with Gasteiger partial charge in [0.05, 0.1) is 24.7 Å². The number of thiophene rings is 1. The van der Waals surface area contributed by atoms with Crippen LogP contribution in [0.2, 0.25) is 0 Å². The molecule has 1 aliphatic carbocycles. The molecule has 0 bridgehead atoms. The molecule has 0 radical (unpaired) electrons. The fourth-order valence-corrected chi connectivity index (χ4v) is 3.86. The molecule has 4 nitrogen and oxygen atoms in total. The number of carbonyl (C=O) groups is 2. The van der Waals surface area contributed by atoms with Gasteiger partial charge < -0.3 is 9.47 Å². The van der Waals surface area contributed by atoms with Gasteiger partial charge in [-0.2, -0.15) is 0 Å². The minimum atomic E-state index is -0.271. The van der Waals surface area contributed by atoms with Crippen molar-refractivity contribution in [3.05, 3.63) is 20.9 Å². The van der Waals surface area contributed by atoms with Crippen LogP contribution in [-0.2, 0) is 27.1 Å². The highest BCUT2D eigenvalue weighted by molar-refractivity contribution is 7.12. The second-order valence-electron chi connectivity index (χ2n) is 4.85. The molecule has 1 unspecified atom stereocenters. The zero-order valence-corrected chi connectivity index (χ0v) is 13.0. The van der Waals surface area contributed by atoms with Gasteiger partial charge in [-0.1, -0.05) is 0 Å². The van der Waals surface area contributed by atoms with Gasteiger partial charge in [0.1, 0.15) is 0 Å². The lowest BCUT2D eigenvalue weighted by molar-refractivity contribution is -0.148. The third-order valence-electron chi connectivity index (χ3n) is 3.54. The Bertz CT molecular complexity index is 518. The minimum absolute atomic E-state index is 0.135. The van der Waals surface area contributed by atoms with Gasteiger partial charge in [0.25, 0.3) is 0 Å². The molecule has 1 aromatic heterocycles. The van der Waals surface area contributed by atoms with E-state index in [1.54, 1.807) is 18.3 Å². The third kappa shape index (κ3) is 2.87. The summed E-state index contributed by atoms with van der Waals surface area (Å²) in [6, 6.07) is 0. The van der Waals surface area contributed by atoms with Crippen LogP contribution >= 0.6 is 11.3 Å². The maximum absolute atomic E-state index is 12.1. The molecule has 110 valence electrons. The lowest BCUT2D eigenvalue weighted by Crippen LogP contribution is -2.25. The molecule has 0 N–H and O–H groups in total. The molecule has 1 heterocycles. The molecule has 1 aliphatic rings. The normalized spacial score (nSPS) is 17.4. The summed E-state index contributed by atoms with van der Waals surface area (Å²) in [7, 11) is 0. The van der Waals surface area contributed by atoms with Crippen LogP contribution in [0, 0.1) is 12.8 Å². The van der Waals surface area contributed by atoms with Gasteiger partial charge in [-0.05, 0) is 45.6 Å². The van der Waals surface area contributed by atoms with Crippen molar-refractivity contribution in [1.82, 2.24) is 0 Å². The summed E-state index contributed by atoms with van der Waals surface area (Å²) in [4.78, 5) is 26.2. The molecular weight excluding hydrogens is 276 g/mol. The van der Waals surface area contributed by atoms with Crippen LogP contribution in [0.15, 0.2) is 0 Å². The summed E-state index contributed by atoms with van der Waals surface area (Å²) in [5, 5.41) is 0. The second kappa shape index (κ2) is 6.39. The Labute approximate surface area is 123 Å². The number of esters is 2. The molecule has 1 atom stereocenters. The van der Waals surface area contributed by atoms with E-state index in [1.807, 2.05) is 13.8 Å². The lowest BCUT2D eigenvalue weighted by atomic mass is 9.86. The Kier molecular flexibility index (Phi) is 4.81. The van der Waals surface area contributed by atoms with Crippen LogP contribution in [-0.4, -0.2) is 25.2 Å². The summed E-state index contributed by atoms with van der Waals surface area (Å²) >= 11 is 1.65. The van der Waals surface area contributed by atoms with Crippen LogP contribution in [0.3, 0.4) is 0 Å². The molecule has 5 heteroatoms. The predicted octanol–water partition coefficient (Wildman–Crippen LogP) is 2.90. The molecule has 0 saturated heterocycles. The predicted molar refractivity (Wildman–Crippen MR) is 77.2 cm³/mol. The van der Waals surface area contributed by atoms with Crippen LogP contribution in [0.5, 0.6) is 0 Å². The Morgan fingerprint density at radius 1 is 1.25 bits per heavy atom. The van der Waals surface area contributed by atoms with E-state index in [9.17, 15) is 9.59 Å². The van der Waals surface area contributed by atoms with E-state index in [0.717, 1.165) is 23.3 Å². The average Bonchev–Trinajstić information content (AvgIpc) is 2.74. The Balaban J connectivity index is 2.25. The smallest absolute Gasteiger partial charge is 0.339 e. The summed E-state index contributed by atoms with van der Waals surface area (Å²) in [5.41, 5.74) is 1.66. The Hall–Kier alpha value is -1.36. The first kappa shape index (κ1) is 15.0. The zero-order valence-electron chi connectivity index (χ0n) is 12.2. The Morgan fingerprint density at radius 2 is 1.95 bits per heavy atom. The van der Waals surface area contributed by atoms with E-state index < -0.39 is 0 Å². The highest BCUT2D eigenvalue weighted by Crippen LogP contribution is 2.36. The topological polar surface area (TPSA) is 52.6 Å². The maximum atomic E-state index is 12.1. The van der Waals surface area contributed by atoms with Crippen molar-refractivity contribution in [2.24, 2.45) is 5.92 Å². The number of carbonyl (C=O) groups excluding carboxylic acids is 2. The highest BCUT2D eigenvalue weighted by atomic mass is 32.1. The van der Waals surface area contributed by atoms with Crippen molar-refractivity contribution in [2.45, 2.75) is 40.0 Å². The van der Waals surface area contributed by atoms with Gasteiger partial charge in [-0.3, -0.25) is 4.79 Å². The molecule has 0 amide bonds. The molecule has 0 fully saturated rings.